The Labute approximate surface area is 143 Å². The quantitative estimate of drug-likeness (QED) is 0.833. The molecule has 1 heterocycles. The molecule has 1 fully saturated rings. The second kappa shape index (κ2) is 9.21. The third-order valence-corrected chi connectivity index (χ3v) is 4.13. The lowest BCUT2D eigenvalue weighted by atomic mass is 9.87. The Hall–Kier alpha value is -2.17. The van der Waals surface area contributed by atoms with Gasteiger partial charge in [0.2, 0.25) is 0 Å². The third kappa shape index (κ3) is 5.18. The van der Waals surface area contributed by atoms with Crippen LogP contribution in [0.25, 0.3) is 0 Å². The minimum atomic E-state index is -0.392. The zero-order valence-corrected chi connectivity index (χ0v) is 14.2. The van der Waals surface area contributed by atoms with Crippen molar-refractivity contribution in [3.8, 4) is 0 Å². The van der Waals surface area contributed by atoms with Crippen LogP contribution in [0, 0.1) is 6.92 Å². The maximum atomic E-state index is 11.4. The van der Waals surface area contributed by atoms with Gasteiger partial charge >= 0.3 is 5.97 Å². The van der Waals surface area contributed by atoms with Gasteiger partial charge in [0.15, 0.2) is 0 Å². The lowest BCUT2D eigenvalue weighted by Gasteiger charge is -2.28. The number of piperidine rings is 1. The first-order chi connectivity index (χ1) is 11.6. The highest BCUT2D eigenvalue weighted by Crippen LogP contribution is 2.26. The van der Waals surface area contributed by atoms with Crippen LogP contribution in [-0.4, -0.2) is 37.4 Å². The number of aliphatic hydroxyl groups is 1. The van der Waals surface area contributed by atoms with E-state index in [0.717, 1.165) is 18.5 Å². The summed E-state index contributed by atoms with van der Waals surface area (Å²) in [6.45, 7) is 3.58. The standard InChI is InChI=1S/C13H17NO3.C7H8/c1-17-13(16)10-4-2-3-9(7-10)11-5-6-14-8-12(11)15;1-7-5-3-2-4-6-7/h2-4,7,11-12,14-15H,5-6,8H2,1H3;2-6H,1H3. The number of rotatable bonds is 2. The molecule has 1 saturated heterocycles. The Bertz CT molecular complexity index is 642. The molecule has 0 amide bonds. The molecule has 1 aliphatic rings. The summed E-state index contributed by atoms with van der Waals surface area (Å²) in [6.07, 6.45) is 0.489. The van der Waals surface area contributed by atoms with Crippen LogP contribution in [0.4, 0.5) is 0 Å². The minimum Gasteiger partial charge on any atom is -0.465 e. The summed E-state index contributed by atoms with van der Waals surface area (Å²) in [5.41, 5.74) is 2.86. The number of carbonyl (C=O) groups excluding carboxylic acids is 1. The average molecular weight is 327 g/mol. The Morgan fingerprint density at radius 1 is 1.17 bits per heavy atom. The highest BCUT2D eigenvalue weighted by atomic mass is 16.5. The Balaban J connectivity index is 0.000000249. The summed E-state index contributed by atoms with van der Waals surface area (Å²) in [5.74, 6) is -0.240. The van der Waals surface area contributed by atoms with E-state index in [1.54, 1.807) is 6.07 Å². The lowest BCUT2D eigenvalue weighted by molar-refractivity contribution is 0.0600. The van der Waals surface area contributed by atoms with Crippen molar-refractivity contribution in [1.82, 2.24) is 5.32 Å². The number of benzene rings is 2. The van der Waals surface area contributed by atoms with Crippen molar-refractivity contribution in [2.24, 2.45) is 0 Å². The number of aliphatic hydroxyl groups excluding tert-OH is 1. The van der Waals surface area contributed by atoms with Crippen LogP contribution in [-0.2, 0) is 4.74 Å². The zero-order chi connectivity index (χ0) is 17.4. The lowest BCUT2D eigenvalue weighted by Crippen LogP contribution is -2.39. The number of hydrogen-bond acceptors (Lipinski definition) is 4. The summed E-state index contributed by atoms with van der Waals surface area (Å²) in [6, 6.07) is 17.6. The molecule has 0 radical (unpaired) electrons. The first-order valence-corrected chi connectivity index (χ1v) is 8.20. The van der Waals surface area contributed by atoms with Crippen molar-refractivity contribution in [2.45, 2.75) is 25.4 Å². The van der Waals surface area contributed by atoms with E-state index in [4.69, 9.17) is 4.74 Å². The second-order valence-corrected chi connectivity index (χ2v) is 5.94. The van der Waals surface area contributed by atoms with Crippen LogP contribution < -0.4 is 5.32 Å². The summed E-state index contributed by atoms with van der Waals surface area (Å²) in [5, 5.41) is 13.1. The second-order valence-electron chi connectivity index (χ2n) is 5.94. The van der Waals surface area contributed by atoms with Gasteiger partial charge in [-0.1, -0.05) is 48.0 Å². The largest absolute Gasteiger partial charge is 0.465 e. The fourth-order valence-corrected chi connectivity index (χ4v) is 2.78. The molecule has 4 heteroatoms. The fourth-order valence-electron chi connectivity index (χ4n) is 2.78. The smallest absolute Gasteiger partial charge is 0.337 e. The first-order valence-electron chi connectivity index (χ1n) is 8.20. The molecule has 2 atom stereocenters. The monoisotopic (exact) mass is 327 g/mol. The molecule has 24 heavy (non-hydrogen) atoms. The van der Waals surface area contributed by atoms with E-state index in [2.05, 4.69) is 24.4 Å². The maximum absolute atomic E-state index is 11.4. The summed E-state index contributed by atoms with van der Waals surface area (Å²) in [7, 11) is 1.37. The normalized spacial score (nSPS) is 19.8. The molecule has 1 aliphatic heterocycles. The molecular weight excluding hydrogens is 302 g/mol. The fraction of sp³-hybridized carbons (Fsp3) is 0.350. The van der Waals surface area contributed by atoms with Crippen LogP contribution in [0.5, 0.6) is 0 Å². The Morgan fingerprint density at radius 2 is 1.92 bits per heavy atom. The maximum Gasteiger partial charge on any atom is 0.337 e. The van der Waals surface area contributed by atoms with Gasteiger partial charge in [-0.05, 0) is 37.6 Å². The number of ether oxygens (including phenoxy) is 1. The molecule has 2 unspecified atom stereocenters. The predicted molar refractivity (Wildman–Crippen MR) is 95.2 cm³/mol. The number of aryl methyl sites for hydroxylation is 1. The van der Waals surface area contributed by atoms with Gasteiger partial charge in [0.1, 0.15) is 0 Å². The molecule has 0 bridgehead atoms. The van der Waals surface area contributed by atoms with E-state index in [1.807, 2.05) is 36.4 Å². The van der Waals surface area contributed by atoms with Gasteiger partial charge in [-0.2, -0.15) is 0 Å². The van der Waals surface area contributed by atoms with E-state index in [0.29, 0.717) is 12.1 Å². The summed E-state index contributed by atoms with van der Waals surface area (Å²) < 4.78 is 4.69. The molecule has 128 valence electrons. The summed E-state index contributed by atoms with van der Waals surface area (Å²) in [4.78, 5) is 11.4. The molecular formula is C20H25NO3. The van der Waals surface area contributed by atoms with E-state index in [9.17, 15) is 9.90 Å². The van der Waals surface area contributed by atoms with E-state index in [-0.39, 0.29) is 11.9 Å². The SMILES string of the molecule is COC(=O)c1cccc(C2CCNCC2O)c1.Cc1ccccc1. The summed E-state index contributed by atoms with van der Waals surface area (Å²) >= 11 is 0. The van der Waals surface area contributed by atoms with E-state index in [1.165, 1.54) is 12.7 Å². The number of β-amino-alcohol motifs (C(OH)–C–C–N with tert-alkyl or cyclic N) is 1. The molecule has 0 aromatic heterocycles. The van der Waals surface area contributed by atoms with Crippen molar-refractivity contribution in [3.63, 3.8) is 0 Å². The van der Waals surface area contributed by atoms with Gasteiger partial charge in [0.25, 0.3) is 0 Å². The van der Waals surface area contributed by atoms with Crippen molar-refractivity contribution >= 4 is 5.97 Å². The molecule has 0 spiro atoms. The Kier molecular flexibility index (Phi) is 6.97. The number of methoxy groups -OCH3 is 1. The van der Waals surface area contributed by atoms with Gasteiger partial charge in [-0.3, -0.25) is 0 Å². The molecule has 2 aromatic carbocycles. The van der Waals surface area contributed by atoms with Crippen molar-refractivity contribution in [2.75, 3.05) is 20.2 Å². The van der Waals surface area contributed by atoms with Crippen molar-refractivity contribution in [3.05, 3.63) is 71.3 Å². The zero-order valence-electron chi connectivity index (χ0n) is 14.2. The van der Waals surface area contributed by atoms with Gasteiger partial charge in [0, 0.05) is 12.5 Å². The van der Waals surface area contributed by atoms with E-state index < -0.39 is 6.10 Å². The van der Waals surface area contributed by atoms with Crippen LogP contribution in [0.15, 0.2) is 54.6 Å². The van der Waals surface area contributed by atoms with Crippen molar-refractivity contribution in [1.29, 1.82) is 0 Å². The molecule has 0 saturated carbocycles. The predicted octanol–water partition coefficient (Wildman–Crippen LogP) is 2.91. The van der Waals surface area contributed by atoms with Crippen LogP contribution in [0.1, 0.15) is 33.8 Å². The molecule has 2 N–H and O–H groups in total. The van der Waals surface area contributed by atoms with Crippen LogP contribution >= 0.6 is 0 Å². The molecule has 4 nitrogen and oxygen atoms in total. The average Bonchev–Trinajstić information content (AvgIpc) is 2.63. The highest BCUT2D eigenvalue weighted by Gasteiger charge is 2.24. The van der Waals surface area contributed by atoms with E-state index >= 15 is 0 Å². The van der Waals surface area contributed by atoms with Crippen molar-refractivity contribution < 1.29 is 14.6 Å². The number of nitrogens with one attached hydrogen (secondary N) is 1. The highest BCUT2D eigenvalue weighted by molar-refractivity contribution is 5.89. The van der Waals surface area contributed by atoms with Crippen LogP contribution in [0.3, 0.4) is 0 Å². The van der Waals surface area contributed by atoms with Gasteiger partial charge in [-0.15, -0.1) is 0 Å². The number of hydrogen-bond donors (Lipinski definition) is 2. The number of esters is 1. The van der Waals surface area contributed by atoms with Gasteiger partial charge in [-0.25, -0.2) is 4.79 Å². The van der Waals surface area contributed by atoms with Gasteiger partial charge < -0.3 is 15.2 Å². The topological polar surface area (TPSA) is 58.6 Å². The molecule has 0 aliphatic carbocycles. The molecule has 3 rings (SSSR count). The van der Waals surface area contributed by atoms with Gasteiger partial charge in [0.05, 0.1) is 18.8 Å². The first kappa shape index (κ1) is 18.2. The Morgan fingerprint density at radius 3 is 2.50 bits per heavy atom. The number of carbonyl (C=O) groups is 1. The molecule has 2 aromatic rings. The third-order valence-electron chi connectivity index (χ3n) is 4.13. The van der Waals surface area contributed by atoms with Crippen LogP contribution in [0.2, 0.25) is 0 Å². The minimum absolute atomic E-state index is 0.0980.